The first kappa shape index (κ1) is 12.8. The summed E-state index contributed by atoms with van der Waals surface area (Å²) in [4.78, 5) is 0. The van der Waals surface area contributed by atoms with Crippen LogP contribution in [-0.4, -0.2) is 54.0 Å². The molecule has 2 rings (SSSR count). The van der Waals surface area contributed by atoms with E-state index in [1.165, 1.54) is 28.6 Å². The lowest BCUT2D eigenvalue weighted by Crippen LogP contribution is -2.15. The second kappa shape index (κ2) is 5.80. The van der Waals surface area contributed by atoms with Crippen LogP contribution in [0.5, 0.6) is 5.75 Å². The predicted octanol–water partition coefficient (Wildman–Crippen LogP) is -0.187. The van der Waals surface area contributed by atoms with Crippen LogP contribution in [0.1, 0.15) is 0 Å². The molecule has 0 radical (unpaired) electrons. The summed E-state index contributed by atoms with van der Waals surface area (Å²) in [6.07, 6.45) is -0.806. The van der Waals surface area contributed by atoms with Gasteiger partial charge in [-0.15, -0.1) is 5.10 Å². The number of rotatable bonds is 5. The predicted molar refractivity (Wildman–Crippen MR) is 64.6 cm³/mol. The van der Waals surface area contributed by atoms with Crippen LogP contribution in [0.15, 0.2) is 29.4 Å². The Bertz CT molecular complexity index is 502. The van der Waals surface area contributed by atoms with Crippen molar-refractivity contribution in [3.63, 3.8) is 0 Å². The van der Waals surface area contributed by atoms with Crippen molar-refractivity contribution in [3.05, 3.63) is 24.3 Å². The number of aliphatic hydroxyl groups is 2. The van der Waals surface area contributed by atoms with Crippen molar-refractivity contribution in [1.82, 2.24) is 20.2 Å². The Hall–Kier alpha value is -1.64. The Morgan fingerprint density at radius 3 is 2.67 bits per heavy atom. The van der Waals surface area contributed by atoms with Crippen LogP contribution in [0, 0.1) is 0 Å². The van der Waals surface area contributed by atoms with Gasteiger partial charge in [0.25, 0.3) is 0 Å². The smallest absolute Gasteiger partial charge is 0.214 e. The van der Waals surface area contributed by atoms with Gasteiger partial charge in [0.1, 0.15) is 5.75 Å². The number of aliphatic hydroxyl groups excluding tert-OH is 2. The Kier molecular flexibility index (Phi) is 4.13. The zero-order valence-corrected chi connectivity index (χ0v) is 10.2. The van der Waals surface area contributed by atoms with E-state index in [2.05, 4.69) is 15.5 Å². The van der Waals surface area contributed by atoms with Crippen LogP contribution in [0.2, 0.25) is 0 Å². The van der Waals surface area contributed by atoms with Gasteiger partial charge in [0.2, 0.25) is 5.16 Å². The van der Waals surface area contributed by atoms with Gasteiger partial charge in [-0.1, -0.05) is 11.8 Å². The van der Waals surface area contributed by atoms with E-state index in [1.54, 1.807) is 12.1 Å². The van der Waals surface area contributed by atoms with Crippen molar-refractivity contribution in [2.45, 2.75) is 11.3 Å². The monoisotopic (exact) mass is 268 g/mol. The molecule has 0 saturated carbocycles. The van der Waals surface area contributed by atoms with E-state index in [-0.39, 0.29) is 12.4 Å². The molecule has 1 atom stereocenters. The summed E-state index contributed by atoms with van der Waals surface area (Å²) in [5.41, 5.74) is 0.707. The molecule has 0 aliphatic carbocycles. The van der Waals surface area contributed by atoms with Crippen molar-refractivity contribution in [2.75, 3.05) is 12.4 Å². The molecule has 0 spiro atoms. The van der Waals surface area contributed by atoms with Gasteiger partial charge >= 0.3 is 0 Å². The van der Waals surface area contributed by atoms with E-state index in [4.69, 9.17) is 5.11 Å². The third-order valence-electron chi connectivity index (χ3n) is 2.15. The molecule has 0 fully saturated rings. The molecule has 0 bridgehead atoms. The maximum absolute atomic E-state index is 9.27. The Balaban J connectivity index is 2.14. The third-order valence-corrected chi connectivity index (χ3v) is 3.21. The Morgan fingerprint density at radius 2 is 2.00 bits per heavy atom. The molecule has 1 unspecified atom stereocenters. The minimum absolute atomic E-state index is 0.164. The van der Waals surface area contributed by atoms with E-state index < -0.39 is 6.10 Å². The molecule has 3 N–H and O–H groups in total. The standard InChI is InChI=1S/C10H12N4O3S/c15-5-9(17)6-18-10-11-12-13-14(10)7-1-3-8(16)4-2-7/h1-4,9,15-17H,5-6H2. The van der Waals surface area contributed by atoms with Crippen LogP contribution in [0.4, 0.5) is 0 Å². The van der Waals surface area contributed by atoms with Crippen LogP contribution in [0.3, 0.4) is 0 Å². The highest BCUT2D eigenvalue weighted by Crippen LogP contribution is 2.20. The third kappa shape index (κ3) is 2.97. The molecule has 1 heterocycles. The van der Waals surface area contributed by atoms with Gasteiger partial charge in [-0.25, -0.2) is 0 Å². The molecule has 2 aromatic rings. The van der Waals surface area contributed by atoms with Gasteiger partial charge in [0.15, 0.2) is 0 Å². The van der Waals surface area contributed by atoms with Crippen LogP contribution < -0.4 is 0 Å². The lowest BCUT2D eigenvalue weighted by Gasteiger charge is -2.06. The molecule has 1 aromatic heterocycles. The zero-order valence-electron chi connectivity index (χ0n) is 9.34. The first-order chi connectivity index (χ1) is 8.70. The van der Waals surface area contributed by atoms with Gasteiger partial charge < -0.3 is 15.3 Å². The van der Waals surface area contributed by atoms with E-state index >= 15 is 0 Å². The van der Waals surface area contributed by atoms with Crippen LogP contribution in [0.25, 0.3) is 5.69 Å². The number of phenolic OH excluding ortho intramolecular Hbond substituents is 1. The van der Waals surface area contributed by atoms with E-state index in [9.17, 15) is 10.2 Å². The number of thioether (sulfide) groups is 1. The highest BCUT2D eigenvalue weighted by Gasteiger charge is 2.11. The zero-order chi connectivity index (χ0) is 13.0. The fraction of sp³-hybridized carbons (Fsp3) is 0.300. The topological polar surface area (TPSA) is 104 Å². The minimum atomic E-state index is -0.806. The van der Waals surface area contributed by atoms with Crippen LogP contribution >= 0.6 is 11.8 Å². The SMILES string of the molecule is OCC(O)CSc1nnnn1-c1ccc(O)cc1. The molecule has 0 saturated heterocycles. The molecule has 0 aliphatic heterocycles. The largest absolute Gasteiger partial charge is 0.508 e. The minimum Gasteiger partial charge on any atom is -0.508 e. The molecule has 7 nitrogen and oxygen atoms in total. The summed E-state index contributed by atoms with van der Waals surface area (Å²) < 4.78 is 1.49. The molecule has 0 aliphatic rings. The fourth-order valence-electron chi connectivity index (χ4n) is 1.25. The lowest BCUT2D eigenvalue weighted by atomic mass is 10.3. The maximum atomic E-state index is 9.27. The average molecular weight is 268 g/mol. The quantitative estimate of drug-likeness (QED) is 0.646. The first-order valence-electron chi connectivity index (χ1n) is 5.20. The van der Waals surface area contributed by atoms with E-state index in [0.717, 1.165) is 0 Å². The maximum Gasteiger partial charge on any atom is 0.214 e. The van der Waals surface area contributed by atoms with Crippen molar-refractivity contribution >= 4 is 11.8 Å². The van der Waals surface area contributed by atoms with Crippen LogP contribution in [-0.2, 0) is 0 Å². The number of benzene rings is 1. The number of tetrazole rings is 1. The van der Waals surface area contributed by atoms with Crippen molar-refractivity contribution in [3.8, 4) is 11.4 Å². The van der Waals surface area contributed by atoms with Gasteiger partial charge in [-0.05, 0) is 34.7 Å². The van der Waals surface area contributed by atoms with Gasteiger partial charge in [0, 0.05) is 5.75 Å². The second-order valence-electron chi connectivity index (χ2n) is 3.54. The highest BCUT2D eigenvalue weighted by atomic mass is 32.2. The molecular weight excluding hydrogens is 256 g/mol. The molecule has 96 valence electrons. The van der Waals surface area contributed by atoms with Gasteiger partial charge in [-0.2, -0.15) is 4.68 Å². The number of aromatic nitrogens is 4. The summed E-state index contributed by atoms with van der Waals surface area (Å²) in [7, 11) is 0. The first-order valence-corrected chi connectivity index (χ1v) is 6.19. The van der Waals surface area contributed by atoms with Crippen molar-refractivity contribution in [1.29, 1.82) is 0 Å². The summed E-state index contributed by atoms with van der Waals surface area (Å²) in [5.74, 6) is 0.464. The van der Waals surface area contributed by atoms with Gasteiger partial charge in [0.05, 0.1) is 18.4 Å². The highest BCUT2D eigenvalue weighted by molar-refractivity contribution is 7.99. The summed E-state index contributed by atoms with van der Waals surface area (Å²) in [5, 5.41) is 38.9. The van der Waals surface area contributed by atoms with E-state index in [0.29, 0.717) is 16.6 Å². The van der Waals surface area contributed by atoms with E-state index in [1.807, 2.05) is 0 Å². The molecule has 0 amide bonds. The number of phenols is 1. The number of aromatic hydroxyl groups is 1. The molecule has 8 heteroatoms. The summed E-state index contributed by atoms with van der Waals surface area (Å²) in [6, 6.07) is 6.43. The molecule has 1 aromatic carbocycles. The second-order valence-corrected chi connectivity index (χ2v) is 4.52. The Morgan fingerprint density at radius 1 is 1.28 bits per heavy atom. The fourth-order valence-corrected chi connectivity index (χ4v) is 2.05. The summed E-state index contributed by atoms with van der Waals surface area (Å²) in [6.45, 7) is -0.298. The number of nitrogens with zero attached hydrogens (tertiary/aromatic N) is 4. The normalized spacial score (nSPS) is 12.6. The van der Waals surface area contributed by atoms with Gasteiger partial charge in [-0.3, -0.25) is 0 Å². The summed E-state index contributed by atoms with van der Waals surface area (Å²) >= 11 is 1.24. The Labute approximate surface area is 107 Å². The van der Waals surface area contributed by atoms with Crippen molar-refractivity contribution < 1.29 is 15.3 Å². The number of hydrogen-bond acceptors (Lipinski definition) is 7. The molecule has 18 heavy (non-hydrogen) atoms. The number of hydrogen-bond donors (Lipinski definition) is 3. The lowest BCUT2D eigenvalue weighted by molar-refractivity contribution is 0.113. The average Bonchev–Trinajstić information content (AvgIpc) is 2.85. The van der Waals surface area contributed by atoms with Crippen molar-refractivity contribution in [2.24, 2.45) is 0 Å². The molecular formula is C10H12N4O3S.